The lowest BCUT2D eigenvalue weighted by Gasteiger charge is -2.39. The maximum atomic E-state index is 13.7. The number of aliphatic hydroxyl groups excluding tert-OH is 2. The second-order valence-corrected chi connectivity index (χ2v) is 8.76. The SMILES string of the molecule is C=C(F)/C(=C\C=C\OCCCC1CC1)CC(=O)N1CC(CNCCCC[C@H](O)CO)C1. The molecule has 31 heavy (non-hydrogen) atoms. The number of amides is 1. The van der Waals surface area contributed by atoms with Crippen molar-refractivity contribution in [2.24, 2.45) is 11.8 Å². The molecular formula is C24H39FN2O4. The molecule has 0 aromatic heterocycles. The molecule has 7 heteroatoms. The molecule has 0 radical (unpaired) electrons. The van der Waals surface area contributed by atoms with Gasteiger partial charge in [-0.25, -0.2) is 4.39 Å². The van der Waals surface area contributed by atoms with Crippen molar-refractivity contribution in [2.75, 3.05) is 39.4 Å². The summed E-state index contributed by atoms with van der Waals surface area (Å²) in [6, 6.07) is 0. The number of halogens is 1. The van der Waals surface area contributed by atoms with Crippen LogP contribution in [-0.4, -0.2) is 66.5 Å². The van der Waals surface area contributed by atoms with Crippen LogP contribution in [0.3, 0.4) is 0 Å². The first-order valence-electron chi connectivity index (χ1n) is 11.6. The number of nitrogens with one attached hydrogen (secondary N) is 1. The Bertz CT molecular complexity index is 613. The second kappa shape index (κ2) is 14.4. The van der Waals surface area contributed by atoms with E-state index in [9.17, 15) is 14.3 Å². The predicted molar refractivity (Wildman–Crippen MR) is 120 cm³/mol. The molecule has 0 spiro atoms. The van der Waals surface area contributed by atoms with Crippen molar-refractivity contribution in [3.8, 4) is 0 Å². The summed E-state index contributed by atoms with van der Waals surface area (Å²) >= 11 is 0. The molecule has 0 bridgehead atoms. The first-order valence-corrected chi connectivity index (χ1v) is 11.6. The molecule has 1 heterocycles. The van der Waals surface area contributed by atoms with E-state index in [-0.39, 0.29) is 24.5 Å². The van der Waals surface area contributed by atoms with E-state index in [2.05, 4.69) is 11.9 Å². The smallest absolute Gasteiger partial charge is 0.227 e. The van der Waals surface area contributed by atoms with Crippen LogP contribution in [0.4, 0.5) is 4.39 Å². The summed E-state index contributed by atoms with van der Waals surface area (Å²) in [7, 11) is 0. The van der Waals surface area contributed by atoms with Crippen LogP contribution in [0, 0.1) is 11.8 Å². The Morgan fingerprint density at radius 2 is 2.03 bits per heavy atom. The fraction of sp³-hybridized carbons (Fsp3) is 0.708. The fourth-order valence-corrected chi connectivity index (χ4v) is 3.59. The summed E-state index contributed by atoms with van der Waals surface area (Å²) in [6.45, 7) is 6.88. The van der Waals surface area contributed by atoms with E-state index in [1.807, 2.05) is 0 Å². The lowest BCUT2D eigenvalue weighted by molar-refractivity contribution is -0.136. The molecule has 1 aliphatic carbocycles. The Kier molecular flexibility index (Phi) is 11.9. The molecule has 176 valence electrons. The maximum absolute atomic E-state index is 13.7. The summed E-state index contributed by atoms with van der Waals surface area (Å²) in [6.07, 6.45) is 11.5. The minimum Gasteiger partial charge on any atom is -0.501 e. The van der Waals surface area contributed by atoms with Crippen molar-refractivity contribution >= 4 is 5.91 Å². The Morgan fingerprint density at radius 1 is 1.26 bits per heavy atom. The molecule has 1 saturated heterocycles. The molecule has 0 aromatic carbocycles. The molecule has 2 aliphatic rings. The minimum absolute atomic E-state index is 0.00862. The Hall–Kier alpha value is -1.70. The van der Waals surface area contributed by atoms with E-state index in [4.69, 9.17) is 9.84 Å². The summed E-state index contributed by atoms with van der Waals surface area (Å²) in [5, 5.41) is 21.4. The molecule has 2 fully saturated rings. The number of hydrogen-bond acceptors (Lipinski definition) is 5. The van der Waals surface area contributed by atoms with Gasteiger partial charge in [0.15, 0.2) is 0 Å². The number of nitrogens with zero attached hydrogens (tertiary/aromatic N) is 1. The zero-order chi connectivity index (χ0) is 22.5. The highest BCUT2D eigenvalue weighted by Gasteiger charge is 2.30. The molecule has 1 saturated carbocycles. The van der Waals surface area contributed by atoms with Gasteiger partial charge in [0, 0.05) is 25.6 Å². The summed E-state index contributed by atoms with van der Waals surface area (Å²) < 4.78 is 19.1. The second-order valence-electron chi connectivity index (χ2n) is 8.76. The fourth-order valence-electron chi connectivity index (χ4n) is 3.59. The third-order valence-electron chi connectivity index (χ3n) is 5.83. The standard InChI is InChI=1S/C24H39FN2O4/c1-19(25)22(7-5-13-31-12-4-6-20-9-10-20)14-24(30)27-16-21(17-27)15-26-11-3-2-8-23(29)18-28/h5,7,13,20-21,23,26,28-29H,1-4,6,8-12,14-18H2/b13-5+,22-7-/t23-/m0/s1. The van der Waals surface area contributed by atoms with Crippen LogP contribution < -0.4 is 5.32 Å². The van der Waals surface area contributed by atoms with E-state index in [0.717, 1.165) is 38.3 Å². The molecule has 0 aromatic rings. The number of hydrogen-bond donors (Lipinski definition) is 3. The number of allylic oxidation sites excluding steroid dienone is 3. The first kappa shape index (κ1) is 25.6. The van der Waals surface area contributed by atoms with Crippen LogP contribution in [0.2, 0.25) is 0 Å². The molecular weight excluding hydrogens is 399 g/mol. The normalized spacial score (nSPS) is 18.3. The van der Waals surface area contributed by atoms with Crippen LogP contribution in [0.1, 0.15) is 51.4 Å². The van der Waals surface area contributed by atoms with Crippen LogP contribution in [0.15, 0.2) is 36.4 Å². The van der Waals surface area contributed by atoms with Crippen LogP contribution >= 0.6 is 0 Å². The van der Waals surface area contributed by atoms with Crippen molar-refractivity contribution in [3.05, 3.63) is 36.4 Å². The van der Waals surface area contributed by atoms with Gasteiger partial charge in [0.25, 0.3) is 0 Å². The number of ether oxygens (including phenoxy) is 1. The highest BCUT2D eigenvalue weighted by Crippen LogP contribution is 2.33. The van der Waals surface area contributed by atoms with Gasteiger partial charge in [-0.3, -0.25) is 4.79 Å². The predicted octanol–water partition coefficient (Wildman–Crippen LogP) is 3.08. The summed E-state index contributed by atoms with van der Waals surface area (Å²) in [5.74, 6) is 0.640. The minimum atomic E-state index is -0.620. The zero-order valence-corrected chi connectivity index (χ0v) is 18.6. The van der Waals surface area contributed by atoms with Gasteiger partial charge < -0.3 is 25.2 Å². The van der Waals surface area contributed by atoms with Gasteiger partial charge in [-0.2, -0.15) is 0 Å². The van der Waals surface area contributed by atoms with Gasteiger partial charge in [0.05, 0.1) is 32.0 Å². The first-order chi connectivity index (χ1) is 15.0. The van der Waals surface area contributed by atoms with Gasteiger partial charge >= 0.3 is 0 Å². The van der Waals surface area contributed by atoms with Crippen molar-refractivity contribution < 1.29 is 24.1 Å². The van der Waals surface area contributed by atoms with Crippen LogP contribution in [-0.2, 0) is 9.53 Å². The van der Waals surface area contributed by atoms with E-state index in [0.29, 0.717) is 32.0 Å². The maximum Gasteiger partial charge on any atom is 0.227 e. The van der Waals surface area contributed by atoms with Gasteiger partial charge in [-0.1, -0.05) is 25.5 Å². The lowest BCUT2D eigenvalue weighted by atomic mass is 9.98. The largest absolute Gasteiger partial charge is 0.501 e. The number of likely N-dealkylation sites (tertiary alicyclic amines) is 1. The van der Waals surface area contributed by atoms with Crippen molar-refractivity contribution in [1.29, 1.82) is 0 Å². The van der Waals surface area contributed by atoms with Crippen LogP contribution in [0.5, 0.6) is 0 Å². The number of carbonyl (C=O) groups excluding carboxylic acids is 1. The van der Waals surface area contributed by atoms with Crippen molar-refractivity contribution in [1.82, 2.24) is 10.2 Å². The van der Waals surface area contributed by atoms with Crippen LogP contribution in [0.25, 0.3) is 0 Å². The Labute approximate surface area is 185 Å². The third-order valence-corrected chi connectivity index (χ3v) is 5.83. The van der Waals surface area contributed by atoms with Crippen molar-refractivity contribution in [3.63, 3.8) is 0 Å². The number of rotatable bonds is 17. The van der Waals surface area contributed by atoms with Gasteiger partial charge in [0.2, 0.25) is 5.91 Å². The molecule has 0 unspecified atom stereocenters. The molecule has 1 aliphatic heterocycles. The van der Waals surface area contributed by atoms with Gasteiger partial charge in [-0.05, 0) is 56.2 Å². The Morgan fingerprint density at radius 3 is 2.71 bits per heavy atom. The highest BCUT2D eigenvalue weighted by molar-refractivity contribution is 5.80. The van der Waals surface area contributed by atoms with Crippen molar-refractivity contribution in [2.45, 2.75) is 57.5 Å². The third kappa shape index (κ3) is 10.9. The molecule has 6 nitrogen and oxygen atoms in total. The lowest BCUT2D eigenvalue weighted by Crippen LogP contribution is -2.53. The number of unbranched alkanes of at least 4 members (excludes halogenated alkanes) is 1. The van der Waals surface area contributed by atoms with E-state index in [1.54, 1.807) is 23.3 Å². The monoisotopic (exact) mass is 438 g/mol. The molecule has 3 N–H and O–H groups in total. The highest BCUT2D eigenvalue weighted by atomic mass is 19.1. The quantitative estimate of drug-likeness (QED) is 0.185. The molecule has 1 amide bonds. The zero-order valence-electron chi connectivity index (χ0n) is 18.6. The number of aliphatic hydroxyl groups is 2. The van der Waals surface area contributed by atoms with Gasteiger partial charge in [0.1, 0.15) is 5.83 Å². The average molecular weight is 439 g/mol. The Balaban J connectivity index is 1.55. The molecule has 1 atom stereocenters. The molecule has 2 rings (SSSR count). The van der Waals surface area contributed by atoms with E-state index in [1.165, 1.54) is 19.3 Å². The number of carbonyl (C=O) groups is 1. The topological polar surface area (TPSA) is 82.0 Å². The average Bonchev–Trinajstić information content (AvgIpc) is 3.53. The van der Waals surface area contributed by atoms with Gasteiger partial charge in [-0.15, -0.1) is 0 Å². The van der Waals surface area contributed by atoms with E-state index >= 15 is 0 Å². The summed E-state index contributed by atoms with van der Waals surface area (Å²) in [5.41, 5.74) is 0.287. The summed E-state index contributed by atoms with van der Waals surface area (Å²) in [4.78, 5) is 14.1. The van der Waals surface area contributed by atoms with E-state index < -0.39 is 11.9 Å².